The largest absolute Gasteiger partial charge is 0.293 e. The molecule has 0 N–H and O–H groups in total. The Morgan fingerprint density at radius 1 is 1.10 bits per heavy atom. The lowest BCUT2D eigenvalue weighted by Crippen LogP contribution is -2.23. The van der Waals surface area contributed by atoms with E-state index in [1.54, 1.807) is 37.3 Å². The lowest BCUT2D eigenvalue weighted by Gasteiger charge is -2.11. The van der Waals surface area contributed by atoms with E-state index < -0.39 is 16.0 Å². The number of carbonyl (C=O) groups is 1. The molecular formula is C16H14Cl2O2S. The van der Waals surface area contributed by atoms with Gasteiger partial charge >= 0.3 is 0 Å². The Labute approximate surface area is 136 Å². The van der Waals surface area contributed by atoms with E-state index in [9.17, 15) is 9.00 Å². The van der Waals surface area contributed by atoms with Crippen LogP contribution in [0.1, 0.15) is 22.8 Å². The van der Waals surface area contributed by atoms with Crippen LogP contribution < -0.4 is 0 Å². The molecule has 2 nitrogen and oxygen atoms in total. The van der Waals surface area contributed by atoms with Crippen LogP contribution in [-0.2, 0) is 16.6 Å². The van der Waals surface area contributed by atoms with Crippen molar-refractivity contribution >= 4 is 39.8 Å². The molecule has 0 aliphatic carbocycles. The first-order valence-corrected chi connectivity index (χ1v) is 8.53. The predicted octanol–water partition coefficient (Wildman–Crippen LogP) is 4.51. The van der Waals surface area contributed by atoms with Crippen molar-refractivity contribution in [3.8, 4) is 0 Å². The number of ketones is 1. The summed E-state index contributed by atoms with van der Waals surface area (Å²) in [4.78, 5) is 12.3. The molecular weight excluding hydrogens is 327 g/mol. The van der Waals surface area contributed by atoms with Crippen LogP contribution in [0.5, 0.6) is 0 Å². The van der Waals surface area contributed by atoms with Crippen molar-refractivity contribution < 1.29 is 9.00 Å². The fourth-order valence-corrected chi connectivity index (χ4v) is 3.45. The van der Waals surface area contributed by atoms with Crippen LogP contribution in [0, 0.1) is 0 Å². The maximum atomic E-state index is 12.4. The van der Waals surface area contributed by atoms with Gasteiger partial charge in [0.25, 0.3) is 0 Å². The SMILES string of the molecule is CC(C(=O)c1ccc(Cl)cc1)S(=O)Cc1ccccc1Cl. The third-order valence-corrected chi connectivity index (χ3v) is 5.37. The summed E-state index contributed by atoms with van der Waals surface area (Å²) < 4.78 is 12.4. The molecule has 2 unspecified atom stereocenters. The molecule has 2 rings (SSSR count). The number of halogens is 2. The molecule has 2 aromatic rings. The molecule has 110 valence electrons. The van der Waals surface area contributed by atoms with Crippen LogP contribution in [0.4, 0.5) is 0 Å². The van der Waals surface area contributed by atoms with Crippen LogP contribution in [0.25, 0.3) is 0 Å². The van der Waals surface area contributed by atoms with Gasteiger partial charge < -0.3 is 0 Å². The summed E-state index contributed by atoms with van der Waals surface area (Å²) in [6, 6.07) is 13.8. The zero-order chi connectivity index (χ0) is 15.4. The topological polar surface area (TPSA) is 34.1 Å². The highest BCUT2D eigenvalue weighted by Gasteiger charge is 2.22. The first-order valence-electron chi connectivity index (χ1n) is 6.39. The minimum Gasteiger partial charge on any atom is -0.293 e. The van der Waals surface area contributed by atoms with E-state index in [0.717, 1.165) is 5.56 Å². The van der Waals surface area contributed by atoms with Gasteiger partial charge in [-0.25, -0.2) is 0 Å². The molecule has 0 saturated carbocycles. The summed E-state index contributed by atoms with van der Waals surface area (Å²) >= 11 is 11.9. The van der Waals surface area contributed by atoms with Crippen molar-refractivity contribution in [3.63, 3.8) is 0 Å². The van der Waals surface area contributed by atoms with Crippen LogP contribution in [0.3, 0.4) is 0 Å². The van der Waals surface area contributed by atoms with E-state index in [1.807, 2.05) is 18.2 Å². The lowest BCUT2D eigenvalue weighted by molar-refractivity contribution is 0.0992. The molecule has 2 atom stereocenters. The van der Waals surface area contributed by atoms with Crippen molar-refractivity contribution in [1.29, 1.82) is 0 Å². The molecule has 0 aliphatic heterocycles. The minimum absolute atomic E-state index is 0.156. The van der Waals surface area contributed by atoms with Gasteiger partial charge in [-0.15, -0.1) is 0 Å². The van der Waals surface area contributed by atoms with Crippen molar-refractivity contribution in [1.82, 2.24) is 0 Å². The van der Waals surface area contributed by atoms with E-state index in [2.05, 4.69) is 0 Å². The van der Waals surface area contributed by atoms with Gasteiger partial charge in [0, 0.05) is 26.4 Å². The standard InChI is InChI=1S/C16H14Cl2O2S/c1-11(16(19)12-6-8-14(17)9-7-12)21(20)10-13-4-2-3-5-15(13)18/h2-9,11H,10H2,1H3. The van der Waals surface area contributed by atoms with Crippen molar-refractivity contribution in [3.05, 3.63) is 69.7 Å². The molecule has 0 amide bonds. The van der Waals surface area contributed by atoms with E-state index in [1.165, 1.54) is 0 Å². The molecule has 0 heterocycles. The summed E-state index contributed by atoms with van der Waals surface area (Å²) in [5.74, 6) is 0.109. The van der Waals surface area contributed by atoms with Crippen molar-refractivity contribution in [2.45, 2.75) is 17.9 Å². The zero-order valence-corrected chi connectivity index (χ0v) is 13.7. The maximum absolute atomic E-state index is 12.4. The molecule has 0 saturated heterocycles. The van der Waals surface area contributed by atoms with E-state index in [0.29, 0.717) is 15.6 Å². The predicted molar refractivity (Wildman–Crippen MR) is 88.5 cm³/mol. The van der Waals surface area contributed by atoms with Gasteiger partial charge in [0.1, 0.15) is 0 Å². The summed E-state index contributed by atoms with van der Waals surface area (Å²) in [5.41, 5.74) is 1.30. The molecule has 0 spiro atoms. The lowest BCUT2D eigenvalue weighted by atomic mass is 10.1. The van der Waals surface area contributed by atoms with Gasteiger partial charge in [-0.05, 0) is 42.8 Å². The van der Waals surface area contributed by atoms with Crippen molar-refractivity contribution in [2.24, 2.45) is 0 Å². The highest BCUT2D eigenvalue weighted by Crippen LogP contribution is 2.19. The normalized spacial score (nSPS) is 13.7. The molecule has 0 aromatic heterocycles. The first-order chi connectivity index (χ1) is 9.99. The van der Waals surface area contributed by atoms with Crippen LogP contribution >= 0.6 is 23.2 Å². The van der Waals surface area contributed by atoms with Gasteiger partial charge in [0.2, 0.25) is 0 Å². The van der Waals surface area contributed by atoms with Crippen LogP contribution in [-0.4, -0.2) is 15.2 Å². The molecule has 5 heteroatoms. The zero-order valence-electron chi connectivity index (χ0n) is 11.4. The Balaban J connectivity index is 2.10. The summed E-state index contributed by atoms with van der Waals surface area (Å²) in [6.07, 6.45) is 0. The van der Waals surface area contributed by atoms with Gasteiger partial charge in [-0.2, -0.15) is 0 Å². The number of carbonyl (C=O) groups excluding carboxylic acids is 1. The Hall–Kier alpha value is -1.16. The number of benzene rings is 2. The Morgan fingerprint density at radius 2 is 1.71 bits per heavy atom. The Bertz CT molecular complexity index is 668. The highest BCUT2D eigenvalue weighted by molar-refractivity contribution is 7.85. The fourth-order valence-electron chi connectivity index (χ4n) is 1.86. The summed E-state index contributed by atoms with van der Waals surface area (Å²) in [5, 5.41) is 0.538. The molecule has 0 radical (unpaired) electrons. The van der Waals surface area contributed by atoms with Gasteiger partial charge in [-0.3, -0.25) is 9.00 Å². The Kier molecular flexibility index (Phi) is 5.57. The van der Waals surface area contributed by atoms with Gasteiger partial charge in [0.05, 0.1) is 11.0 Å². The second kappa shape index (κ2) is 7.21. The number of hydrogen-bond acceptors (Lipinski definition) is 2. The van der Waals surface area contributed by atoms with E-state index >= 15 is 0 Å². The number of hydrogen-bond donors (Lipinski definition) is 0. The molecule has 0 aliphatic rings. The second-order valence-corrected chi connectivity index (χ2v) is 7.23. The fraction of sp³-hybridized carbons (Fsp3) is 0.188. The minimum atomic E-state index is -1.33. The van der Waals surface area contributed by atoms with Gasteiger partial charge in [-0.1, -0.05) is 41.4 Å². The van der Waals surface area contributed by atoms with Crippen LogP contribution in [0.2, 0.25) is 10.0 Å². The third-order valence-electron chi connectivity index (χ3n) is 3.15. The quantitative estimate of drug-likeness (QED) is 0.750. The monoisotopic (exact) mass is 340 g/mol. The smallest absolute Gasteiger partial charge is 0.178 e. The number of rotatable bonds is 5. The van der Waals surface area contributed by atoms with Crippen molar-refractivity contribution in [2.75, 3.05) is 0 Å². The summed E-state index contributed by atoms with van der Waals surface area (Å²) in [6.45, 7) is 1.67. The maximum Gasteiger partial charge on any atom is 0.178 e. The highest BCUT2D eigenvalue weighted by atomic mass is 35.5. The molecule has 0 bridgehead atoms. The average Bonchev–Trinajstić information content (AvgIpc) is 2.49. The first kappa shape index (κ1) is 16.2. The van der Waals surface area contributed by atoms with Crippen LogP contribution in [0.15, 0.2) is 48.5 Å². The molecule has 0 fully saturated rings. The molecule has 2 aromatic carbocycles. The Morgan fingerprint density at radius 3 is 2.33 bits per heavy atom. The number of Topliss-reactive ketones (excluding diaryl/α,β-unsaturated/α-hetero) is 1. The van der Waals surface area contributed by atoms with E-state index in [-0.39, 0.29) is 11.5 Å². The third kappa shape index (κ3) is 4.16. The molecule has 21 heavy (non-hydrogen) atoms. The average molecular weight is 341 g/mol. The summed E-state index contributed by atoms with van der Waals surface area (Å²) in [7, 11) is -1.33. The van der Waals surface area contributed by atoms with E-state index in [4.69, 9.17) is 23.2 Å². The second-order valence-electron chi connectivity index (χ2n) is 4.63. The van der Waals surface area contributed by atoms with Gasteiger partial charge in [0.15, 0.2) is 5.78 Å².